The third-order valence-corrected chi connectivity index (χ3v) is 4.10. The topological polar surface area (TPSA) is 15.3 Å². The SMILES string of the molecule is Brc1cccc(CCN2CC3CC(C2)N3)c1. The highest BCUT2D eigenvalue weighted by Gasteiger charge is 2.35. The highest BCUT2D eigenvalue weighted by molar-refractivity contribution is 9.10. The number of benzene rings is 1. The Morgan fingerprint density at radius 2 is 2.06 bits per heavy atom. The molecule has 86 valence electrons. The lowest BCUT2D eigenvalue weighted by molar-refractivity contribution is 0.0789. The molecular formula is C13H17BrN2. The molecule has 2 bridgehead atoms. The van der Waals surface area contributed by atoms with E-state index in [-0.39, 0.29) is 0 Å². The molecule has 3 saturated heterocycles. The number of hydrogen-bond donors (Lipinski definition) is 1. The molecule has 3 fully saturated rings. The zero-order chi connectivity index (χ0) is 11.0. The van der Waals surface area contributed by atoms with Gasteiger partial charge in [0.15, 0.2) is 0 Å². The molecule has 0 saturated carbocycles. The largest absolute Gasteiger partial charge is 0.309 e. The van der Waals surface area contributed by atoms with E-state index in [1.807, 2.05) is 0 Å². The van der Waals surface area contributed by atoms with Crippen molar-refractivity contribution in [3.05, 3.63) is 34.3 Å². The highest BCUT2D eigenvalue weighted by Crippen LogP contribution is 2.21. The van der Waals surface area contributed by atoms with Crippen LogP contribution in [-0.2, 0) is 6.42 Å². The van der Waals surface area contributed by atoms with Crippen molar-refractivity contribution < 1.29 is 0 Å². The summed E-state index contributed by atoms with van der Waals surface area (Å²) in [7, 11) is 0. The van der Waals surface area contributed by atoms with Gasteiger partial charge in [0.1, 0.15) is 0 Å². The summed E-state index contributed by atoms with van der Waals surface area (Å²) in [6, 6.07) is 10.2. The van der Waals surface area contributed by atoms with Gasteiger partial charge in [-0.1, -0.05) is 28.1 Å². The van der Waals surface area contributed by atoms with Crippen LogP contribution in [0.5, 0.6) is 0 Å². The summed E-state index contributed by atoms with van der Waals surface area (Å²) in [5, 5.41) is 3.57. The molecule has 1 aromatic rings. The summed E-state index contributed by atoms with van der Waals surface area (Å²) in [6.45, 7) is 3.68. The minimum Gasteiger partial charge on any atom is -0.309 e. The standard InChI is InChI=1S/C13H17BrN2/c14-11-3-1-2-10(6-11)4-5-16-8-12-7-13(9-16)15-12/h1-3,6,12-13,15H,4-5,7-9H2. The van der Waals surface area contributed by atoms with Crippen molar-refractivity contribution >= 4 is 15.9 Å². The third kappa shape index (κ3) is 2.31. The van der Waals surface area contributed by atoms with Crippen LogP contribution in [0.4, 0.5) is 0 Å². The summed E-state index contributed by atoms with van der Waals surface area (Å²) < 4.78 is 1.19. The zero-order valence-corrected chi connectivity index (χ0v) is 10.9. The first kappa shape index (κ1) is 10.8. The molecule has 0 spiro atoms. The van der Waals surface area contributed by atoms with Crippen LogP contribution in [0.25, 0.3) is 0 Å². The van der Waals surface area contributed by atoms with Crippen molar-refractivity contribution in [2.24, 2.45) is 0 Å². The molecule has 2 nitrogen and oxygen atoms in total. The molecule has 0 radical (unpaired) electrons. The number of nitrogens with one attached hydrogen (secondary N) is 1. The molecule has 2 atom stereocenters. The van der Waals surface area contributed by atoms with Crippen LogP contribution in [0.2, 0.25) is 0 Å². The smallest absolute Gasteiger partial charge is 0.0213 e. The van der Waals surface area contributed by atoms with Gasteiger partial charge in [-0.05, 0) is 30.5 Å². The van der Waals surface area contributed by atoms with Crippen molar-refractivity contribution in [3.8, 4) is 0 Å². The van der Waals surface area contributed by atoms with Gasteiger partial charge in [0.25, 0.3) is 0 Å². The van der Waals surface area contributed by atoms with Gasteiger partial charge in [0, 0.05) is 36.2 Å². The monoisotopic (exact) mass is 280 g/mol. The molecule has 4 rings (SSSR count). The number of piperazine rings is 1. The van der Waals surface area contributed by atoms with E-state index in [2.05, 4.69) is 50.4 Å². The quantitative estimate of drug-likeness (QED) is 0.912. The molecule has 2 unspecified atom stereocenters. The van der Waals surface area contributed by atoms with Gasteiger partial charge in [-0.3, -0.25) is 4.90 Å². The Bertz CT molecular complexity index is 364. The Morgan fingerprint density at radius 1 is 1.31 bits per heavy atom. The first-order chi connectivity index (χ1) is 7.79. The Labute approximate surface area is 105 Å². The van der Waals surface area contributed by atoms with Crippen molar-refractivity contribution in [2.45, 2.75) is 24.9 Å². The minimum absolute atomic E-state index is 0.779. The lowest BCUT2D eigenvalue weighted by Gasteiger charge is -2.48. The molecule has 1 aromatic carbocycles. The summed E-state index contributed by atoms with van der Waals surface area (Å²) in [4.78, 5) is 2.59. The van der Waals surface area contributed by atoms with E-state index in [1.165, 1.54) is 42.5 Å². The maximum Gasteiger partial charge on any atom is 0.0213 e. The average molecular weight is 281 g/mol. The number of rotatable bonds is 3. The van der Waals surface area contributed by atoms with Crippen molar-refractivity contribution in [1.29, 1.82) is 0 Å². The average Bonchev–Trinajstić information content (AvgIpc) is 2.26. The van der Waals surface area contributed by atoms with Crippen molar-refractivity contribution in [1.82, 2.24) is 10.2 Å². The first-order valence-corrected chi connectivity index (χ1v) is 6.82. The summed E-state index contributed by atoms with van der Waals surface area (Å²) in [5.74, 6) is 0. The van der Waals surface area contributed by atoms with Crippen LogP contribution in [-0.4, -0.2) is 36.6 Å². The predicted octanol–water partition coefficient (Wildman–Crippen LogP) is 2.04. The van der Waals surface area contributed by atoms with Gasteiger partial charge in [0.05, 0.1) is 0 Å². The zero-order valence-electron chi connectivity index (χ0n) is 9.32. The second kappa shape index (κ2) is 4.47. The summed E-state index contributed by atoms with van der Waals surface area (Å²) >= 11 is 3.52. The van der Waals surface area contributed by atoms with Gasteiger partial charge in [0.2, 0.25) is 0 Å². The maximum absolute atomic E-state index is 3.57. The number of fused-ring (bicyclic) bond motifs is 2. The molecule has 0 aromatic heterocycles. The van der Waals surface area contributed by atoms with Gasteiger partial charge >= 0.3 is 0 Å². The fourth-order valence-electron chi connectivity index (χ4n) is 2.77. The predicted molar refractivity (Wildman–Crippen MR) is 69.6 cm³/mol. The molecule has 3 aliphatic rings. The van der Waals surface area contributed by atoms with Crippen LogP contribution < -0.4 is 5.32 Å². The molecule has 16 heavy (non-hydrogen) atoms. The van der Waals surface area contributed by atoms with E-state index in [9.17, 15) is 0 Å². The summed E-state index contributed by atoms with van der Waals surface area (Å²) in [6.07, 6.45) is 2.56. The Balaban J connectivity index is 1.52. The number of hydrogen-bond acceptors (Lipinski definition) is 2. The lowest BCUT2D eigenvalue weighted by atomic mass is 9.91. The molecule has 1 N–H and O–H groups in total. The fourth-order valence-corrected chi connectivity index (χ4v) is 3.21. The number of halogens is 1. The third-order valence-electron chi connectivity index (χ3n) is 3.60. The minimum atomic E-state index is 0.779. The fraction of sp³-hybridized carbons (Fsp3) is 0.538. The van der Waals surface area contributed by atoms with Gasteiger partial charge in [-0.2, -0.15) is 0 Å². The molecule has 3 heterocycles. The van der Waals surface area contributed by atoms with Crippen LogP contribution >= 0.6 is 15.9 Å². The van der Waals surface area contributed by atoms with E-state index >= 15 is 0 Å². The maximum atomic E-state index is 3.57. The highest BCUT2D eigenvalue weighted by atomic mass is 79.9. The van der Waals surface area contributed by atoms with Gasteiger partial charge in [-0.15, -0.1) is 0 Å². The molecule has 0 aliphatic carbocycles. The van der Waals surface area contributed by atoms with E-state index in [1.54, 1.807) is 0 Å². The molecule has 0 amide bonds. The number of nitrogens with zero attached hydrogens (tertiary/aromatic N) is 1. The second-order valence-electron chi connectivity index (χ2n) is 4.94. The van der Waals surface area contributed by atoms with E-state index < -0.39 is 0 Å². The first-order valence-electron chi connectivity index (χ1n) is 6.02. The normalized spacial score (nSPS) is 28.8. The van der Waals surface area contributed by atoms with Crippen molar-refractivity contribution in [3.63, 3.8) is 0 Å². The van der Waals surface area contributed by atoms with Crippen LogP contribution in [0, 0.1) is 0 Å². The van der Waals surface area contributed by atoms with Crippen LogP contribution in [0.3, 0.4) is 0 Å². The lowest BCUT2D eigenvalue weighted by Crippen LogP contribution is -2.66. The van der Waals surface area contributed by atoms with Gasteiger partial charge < -0.3 is 5.32 Å². The summed E-state index contributed by atoms with van der Waals surface area (Å²) in [5.41, 5.74) is 1.43. The van der Waals surface area contributed by atoms with Crippen LogP contribution in [0.15, 0.2) is 28.7 Å². The molecule has 3 heteroatoms. The number of piperidine rings is 1. The van der Waals surface area contributed by atoms with Crippen molar-refractivity contribution in [2.75, 3.05) is 19.6 Å². The van der Waals surface area contributed by atoms with E-state index in [4.69, 9.17) is 0 Å². The second-order valence-corrected chi connectivity index (χ2v) is 5.85. The van der Waals surface area contributed by atoms with E-state index in [0.29, 0.717) is 0 Å². The molecule has 3 aliphatic heterocycles. The molecular weight excluding hydrogens is 264 g/mol. The Hall–Kier alpha value is -0.380. The Kier molecular flexibility index (Phi) is 3.01. The van der Waals surface area contributed by atoms with Crippen LogP contribution in [0.1, 0.15) is 12.0 Å². The van der Waals surface area contributed by atoms with Gasteiger partial charge in [-0.25, -0.2) is 0 Å². The Morgan fingerprint density at radius 3 is 2.75 bits per heavy atom. The van der Waals surface area contributed by atoms with E-state index in [0.717, 1.165) is 12.1 Å².